The molecule has 0 N–H and O–H groups in total. The molecule has 1 aliphatic rings. The third kappa shape index (κ3) is 7.74. The topological polar surface area (TPSA) is 114 Å². The summed E-state index contributed by atoms with van der Waals surface area (Å²) in [6.07, 6.45) is -0.396. The molecule has 12 heteroatoms. The first-order valence-corrected chi connectivity index (χ1v) is 9.70. The maximum Gasteiger partial charge on any atom is 0.304 e. The molecule has 0 saturated heterocycles. The lowest BCUT2D eigenvalue weighted by Gasteiger charge is -2.32. The van der Waals surface area contributed by atoms with Crippen LogP contribution in [0.15, 0.2) is 0 Å². The van der Waals surface area contributed by atoms with Crippen molar-refractivity contribution < 1.29 is 37.8 Å². The zero-order chi connectivity index (χ0) is 16.0. The summed E-state index contributed by atoms with van der Waals surface area (Å²) in [5.74, 6) is 0. The predicted molar refractivity (Wildman–Crippen MR) is 73.6 cm³/mol. The highest BCUT2D eigenvalue weighted by molar-refractivity contribution is 7.86. The molecule has 1 saturated carbocycles. The van der Waals surface area contributed by atoms with E-state index >= 15 is 0 Å². The first-order chi connectivity index (χ1) is 9.73. The zero-order valence-corrected chi connectivity index (χ0v) is 14.2. The highest BCUT2D eigenvalue weighted by Crippen LogP contribution is 2.28. The van der Waals surface area contributed by atoms with Crippen LogP contribution in [-0.4, -0.2) is 55.6 Å². The summed E-state index contributed by atoms with van der Waals surface area (Å²) in [6.45, 7) is 0. The lowest BCUT2D eigenvalue weighted by atomic mass is 9.93. The fourth-order valence-electron chi connectivity index (χ4n) is 1.95. The van der Waals surface area contributed by atoms with E-state index in [1.165, 1.54) is 14.2 Å². The van der Waals surface area contributed by atoms with Gasteiger partial charge < -0.3 is 0 Å². The Hall–Kier alpha value is 0.0500. The molecule has 1 rings (SSSR count). The van der Waals surface area contributed by atoms with Gasteiger partial charge in [0.2, 0.25) is 0 Å². The molecule has 4 unspecified atom stereocenters. The van der Waals surface area contributed by atoms with Crippen LogP contribution in [-0.2, 0) is 53.8 Å². The van der Waals surface area contributed by atoms with E-state index in [0.29, 0.717) is 0 Å². The third-order valence-electron chi connectivity index (χ3n) is 2.59. The van der Waals surface area contributed by atoms with Crippen molar-refractivity contribution in [3.8, 4) is 0 Å². The van der Waals surface area contributed by atoms with Crippen molar-refractivity contribution in [2.45, 2.75) is 37.6 Å². The maximum atomic E-state index is 11.2. The van der Waals surface area contributed by atoms with E-state index in [-0.39, 0.29) is 19.3 Å². The number of rotatable bonds is 8. The molecule has 126 valence electrons. The van der Waals surface area contributed by atoms with Crippen molar-refractivity contribution in [3.05, 3.63) is 0 Å². The van der Waals surface area contributed by atoms with Gasteiger partial charge in [-0.1, -0.05) is 0 Å². The molecule has 1 aliphatic carbocycles. The van der Waals surface area contributed by atoms with Gasteiger partial charge in [0.05, 0.1) is 38.8 Å². The van der Waals surface area contributed by atoms with Gasteiger partial charge in [-0.3, -0.25) is 20.9 Å². The van der Waals surface area contributed by atoms with Gasteiger partial charge >= 0.3 is 22.7 Å². The van der Waals surface area contributed by atoms with E-state index in [4.69, 9.17) is 12.5 Å². The minimum atomic E-state index is -3.66. The maximum absolute atomic E-state index is 11.2. The third-order valence-corrected chi connectivity index (χ3v) is 4.61. The molecule has 0 aliphatic heterocycles. The lowest BCUT2D eigenvalue weighted by Crippen LogP contribution is -2.38. The van der Waals surface area contributed by atoms with Gasteiger partial charge in [0.1, 0.15) is 0 Å². The highest BCUT2D eigenvalue weighted by atomic mass is 32.2. The van der Waals surface area contributed by atoms with Crippen molar-refractivity contribution in [1.82, 2.24) is 0 Å². The molecule has 0 aromatic carbocycles. The second-order valence-corrected chi connectivity index (χ2v) is 7.78. The molecule has 0 radical (unpaired) electrons. The quantitative estimate of drug-likeness (QED) is 0.536. The first kappa shape index (κ1) is 19.1. The second kappa shape index (κ2) is 8.62. The van der Waals surface area contributed by atoms with Crippen LogP contribution >= 0.6 is 0 Å². The SMILES string of the molecule is COS(=O)OC1CC(OS(=O)OC)CC(OS(C)(=O)=O)C1. The van der Waals surface area contributed by atoms with Gasteiger partial charge in [-0.2, -0.15) is 16.8 Å². The normalized spacial score (nSPS) is 30.0. The zero-order valence-electron chi connectivity index (χ0n) is 11.8. The Labute approximate surface area is 129 Å². The molecule has 0 heterocycles. The predicted octanol–water partition coefficient (Wildman–Crippen LogP) is -0.264. The standard InChI is InChI=1S/C9H18O9S3/c1-14-19(10)16-7-4-8(17-20(11)15-2)6-9(5-7)18-21(3,12)13/h7-9H,4-6H2,1-3H3. The average Bonchev–Trinajstić information content (AvgIpc) is 2.35. The molecule has 1 fully saturated rings. The van der Waals surface area contributed by atoms with E-state index in [9.17, 15) is 16.8 Å². The van der Waals surface area contributed by atoms with Crippen molar-refractivity contribution in [3.63, 3.8) is 0 Å². The molecule has 21 heavy (non-hydrogen) atoms. The Morgan fingerprint density at radius 1 is 0.857 bits per heavy atom. The van der Waals surface area contributed by atoms with Crippen molar-refractivity contribution in [1.29, 1.82) is 0 Å². The number of hydrogen-bond acceptors (Lipinski definition) is 9. The Kier molecular flexibility index (Phi) is 7.84. The van der Waals surface area contributed by atoms with E-state index in [1.807, 2.05) is 0 Å². The smallest absolute Gasteiger partial charge is 0.272 e. The molecule has 0 spiro atoms. The summed E-state index contributed by atoms with van der Waals surface area (Å²) >= 11 is -3.92. The van der Waals surface area contributed by atoms with Crippen LogP contribution in [0.25, 0.3) is 0 Å². The van der Waals surface area contributed by atoms with Crippen LogP contribution < -0.4 is 0 Å². The van der Waals surface area contributed by atoms with Crippen LogP contribution in [0.5, 0.6) is 0 Å². The van der Waals surface area contributed by atoms with Crippen LogP contribution in [0.4, 0.5) is 0 Å². The summed E-state index contributed by atoms with van der Waals surface area (Å²) in [7, 11) is -1.25. The Morgan fingerprint density at radius 2 is 1.24 bits per heavy atom. The van der Waals surface area contributed by atoms with Gasteiger partial charge in [-0.05, 0) is 0 Å². The molecule has 4 atom stereocenters. The van der Waals surface area contributed by atoms with Gasteiger partial charge in [0.15, 0.2) is 0 Å². The van der Waals surface area contributed by atoms with E-state index in [0.717, 1.165) is 6.26 Å². The van der Waals surface area contributed by atoms with Crippen LogP contribution in [0.2, 0.25) is 0 Å². The minimum Gasteiger partial charge on any atom is -0.272 e. The van der Waals surface area contributed by atoms with Crippen molar-refractivity contribution in [2.24, 2.45) is 0 Å². The average molecular weight is 366 g/mol. The van der Waals surface area contributed by atoms with E-state index < -0.39 is 51.2 Å². The summed E-state index contributed by atoms with van der Waals surface area (Å²) in [4.78, 5) is 0. The summed E-state index contributed by atoms with van der Waals surface area (Å²) < 4.78 is 68.9. The van der Waals surface area contributed by atoms with Gasteiger partial charge in [0.25, 0.3) is 10.1 Å². The molecular formula is C9H18O9S3. The summed E-state index contributed by atoms with van der Waals surface area (Å²) in [5.41, 5.74) is 0. The lowest BCUT2D eigenvalue weighted by molar-refractivity contribution is 0.0101. The highest BCUT2D eigenvalue weighted by Gasteiger charge is 2.35. The largest absolute Gasteiger partial charge is 0.304 e. The molecule has 0 aromatic rings. The first-order valence-electron chi connectivity index (χ1n) is 5.88. The molecule has 9 nitrogen and oxygen atoms in total. The fourth-order valence-corrected chi connectivity index (χ4v) is 3.52. The van der Waals surface area contributed by atoms with Crippen LogP contribution in [0.1, 0.15) is 19.3 Å². The Balaban J connectivity index is 2.72. The molecule has 0 aromatic heterocycles. The molecule has 0 bridgehead atoms. The van der Waals surface area contributed by atoms with E-state index in [2.05, 4.69) is 8.37 Å². The summed E-state index contributed by atoms with van der Waals surface area (Å²) in [6, 6.07) is 0. The van der Waals surface area contributed by atoms with Gasteiger partial charge in [-0.25, -0.2) is 0 Å². The minimum absolute atomic E-state index is 0.196. The van der Waals surface area contributed by atoms with Gasteiger partial charge in [-0.15, -0.1) is 0 Å². The Bertz CT molecular complexity index is 451. The summed E-state index contributed by atoms with van der Waals surface area (Å²) in [5, 5.41) is 0. The van der Waals surface area contributed by atoms with Crippen molar-refractivity contribution >= 4 is 32.8 Å². The van der Waals surface area contributed by atoms with Crippen LogP contribution in [0.3, 0.4) is 0 Å². The van der Waals surface area contributed by atoms with Gasteiger partial charge in [0, 0.05) is 19.3 Å². The fraction of sp³-hybridized carbons (Fsp3) is 1.00. The van der Waals surface area contributed by atoms with Crippen molar-refractivity contribution in [2.75, 3.05) is 20.5 Å². The molecular weight excluding hydrogens is 348 g/mol. The molecule has 0 amide bonds. The van der Waals surface area contributed by atoms with Crippen LogP contribution in [0, 0.1) is 0 Å². The number of hydrogen-bond donors (Lipinski definition) is 0. The Morgan fingerprint density at radius 3 is 1.57 bits per heavy atom. The monoisotopic (exact) mass is 366 g/mol. The van der Waals surface area contributed by atoms with E-state index in [1.54, 1.807) is 0 Å². The second-order valence-electron chi connectivity index (χ2n) is 4.31.